The van der Waals surface area contributed by atoms with Gasteiger partial charge < -0.3 is 15.5 Å². The number of aliphatic imine (C=N–C) groups is 1. The predicted molar refractivity (Wildman–Crippen MR) is 137 cm³/mol. The van der Waals surface area contributed by atoms with Crippen molar-refractivity contribution in [2.45, 2.75) is 18.7 Å². The molecule has 1 amide bonds. The van der Waals surface area contributed by atoms with E-state index in [9.17, 15) is 17.6 Å². The number of benzene rings is 2. The molecule has 0 fully saturated rings. The summed E-state index contributed by atoms with van der Waals surface area (Å²) < 4.78 is 36.9. The summed E-state index contributed by atoms with van der Waals surface area (Å²) in [6.45, 7) is 0.799. The van der Waals surface area contributed by atoms with Crippen molar-refractivity contribution in [3.8, 4) is 0 Å². The zero-order chi connectivity index (χ0) is 23.0. The average Bonchev–Trinajstić information content (AvgIpc) is 2.70. The van der Waals surface area contributed by atoms with Crippen LogP contribution in [0.5, 0.6) is 0 Å². The molecule has 0 spiro atoms. The Morgan fingerprint density at radius 3 is 2.44 bits per heavy atom. The van der Waals surface area contributed by atoms with E-state index in [4.69, 9.17) is 0 Å². The first-order chi connectivity index (χ1) is 14.6. The molecular weight excluding hydrogens is 546 g/mol. The van der Waals surface area contributed by atoms with E-state index in [2.05, 4.69) is 15.6 Å². The molecule has 0 aliphatic rings. The minimum Gasteiger partial charge on any atom is -0.356 e. The number of rotatable bonds is 8. The molecule has 2 aromatic rings. The first-order valence-electron chi connectivity index (χ1n) is 9.79. The number of amides is 1. The molecule has 0 saturated carbocycles. The van der Waals surface area contributed by atoms with Gasteiger partial charge in [0.1, 0.15) is 5.82 Å². The number of guanidine groups is 1. The van der Waals surface area contributed by atoms with Gasteiger partial charge in [-0.3, -0.25) is 9.79 Å². The van der Waals surface area contributed by atoms with Crippen molar-refractivity contribution in [2.75, 3.05) is 33.9 Å². The van der Waals surface area contributed by atoms with E-state index in [0.29, 0.717) is 35.6 Å². The van der Waals surface area contributed by atoms with Crippen molar-refractivity contribution in [1.29, 1.82) is 0 Å². The number of nitrogens with one attached hydrogen (secondary N) is 2. The number of carbonyl (C=O) groups is 1. The highest BCUT2D eigenvalue weighted by Gasteiger charge is 2.11. The van der Waals surface area contributed by atoms with Crippen LogP contribution in [0.15, 0.2) is 47.5 Å². The monoisotopic (exact) mass is 576 g/mol. The van der Waals surface area contributed by atoms with E-state index in [0.717, 1.165) is 11.8 Å². The van der Waals surface area contributed by atoms with Crippen molar-refractivity contribution in [2.24, 2.45) is 4.99 Å². The highest BCUT2D eigenvalue weighted by Crippen LogP contribution is 2.14. The van der Waals surface area contributed by atoms with E-state index in [1.807, 2.05) is 18.2 Å². The van der Waals surface area contributed by atoms with Crippen LogP contribution in [0.4, 0.5) is 4.39 Å². The Kier molecular flexibility index (Phi) is 11.1. The molecule has 32 heavy (non-hydrogen) atoms. The number of hydrogen-bond donors (Lipinski definition) is 2. The number of halogens is 2. The lowest BCUT2D eigenvalue weighted by Gasteiger charge is -2.15. The molecule has 0 aliphatic heterocycles. The second kappa shape index (κ2) is 12.7. The molecule has 0 saturated heterocycles. The van der Waals surface area contributed by atoms with Crippen LogP contribution < -0.4 is 10.6 Å². The smallest absolute Gasteiger partial charge is 0.253 e. The number of nitrogens with zero attached hydrogens (tertiary/aromatic N) is 2. The SMILES string of the molecule is CN=C(NCCc1cccc(C(=O)N(C)C)c1)NCc1cc(F)ccc1CS(C)(=O)=O.I. The third-order valence-electron chi connectivity index (χ3n) is 4.54. The summed E-state index contributed by atoms with van der Waals surface area (Å²) in [4.78, 5) is 17.8. The summed E-state index contributed by atoms with van der Waals surface area (Å²) in [6, 6.07) is 11.5. The van der Waals surface area contributed by atoms with Crippen LogP contribution in [0, 0.1) is 5.82 Å². The molecule has 0 heterocycles. The Hall–Kier alpha value is -2.21. The van der Waals surface area contributed by atoms with E-state index < -0.39 is 15.7 Å². The van der Waals surface area contributed by atoms with Gasteiger partial charge in [-0.1, -0.05) is 18.2 Å². The van der Waals surface area contributed by atoms with Crippen molar-refractivity contribution in [3.63, 3.8) is 0 Å². The van der Waals surface area contributed by atoms with Crippen molar-refractivity contribution < 1.29 is 17.6 Å². The lowest BCUT2D eigenvalue weighted by molar-refractivity contribution is 0.0827. The van der Waals surface area contributed by atoms with Crippen LogP contribution in [0.1, 0.15) is 27.0 Å². The standard InChI is InChI=1S/C22H29FN4O3S.HI/c1-24-22(25-11-10-16-6-5-7-17(12-16)21(28)27(2)3)26-14-19-13-20(23)9-8-18(19)15-31(4,29)30;/h5-9,12-13H,10-11,14-15H2,1-4H3,(H2,24,25,26);1H. The maximum atomic E-state index is 13.7. The van der Waals surface area contributed by atoms with E-state index in [-0.39, 0.29) is 42.2 Å². The second-order valence-electron chi connectivity index (χ2n) is 7.49. The maximum Gasteiger partial charge on any atom is 0.253 e. The molecule has 0 atom stereocenters. The third kappa shape index (κ3) is 9.11. The van der Waals surface area contributed by atoms with Gasteiger partial charge in [-0.05, 0) is 47.4 Å². The van der Waals surface area contributed by atoms with E-state index in [1.165, 1.54) is 23.1 Å². The molecule has 0 unspecified atom stereocenters. The highest BCUT2D eigenvalue weighted by molar-refractivity contribution is 14.0. The third-order valence-corrected chi connectivity index (χ3v) is 5.38. The fraction of sp³-hybridized carbons (Fsp3) is 0.364. The minimum absolute atomic E-state index is 0. The van der Waals surface area contributed by atoms with Crippen molar-refractivity contribution in [1.82, 2.24) is 15.5 Å². The summed E-state index contributed by atoms with van der Waals surface area (Å²) in [7, 11) is 1.81. The van der Waals surface area contributed by atoms with Crippen LogP contribution >= 0.6 is 24.0 Å². The fourth-order valence-corrected chi connectivity index (χ4v) is 3.87. The normalized spacial score (nSPS) is 11.5. The molecule has 10 heteroatoms. The Balaban J connectivity index is 0.00000512. The second-order valence-corrected chi connectivity index (χ2v) is 9.63. The first kappa shape index (κ1) is 27.8. The molecule has 2 rings (SSSR count). The largest absolute Gasteiger partial charge is 0.356 e. The Morgan fingerprint density at radius 2 is 1.81 bits per heavy atom. The van der Waals surface area contributed by atoms with Gasteiger partial charge in [-0.2, -0.15) is 0 Å². The Bertz CT molecular complexity index is 1060. The predicted octanol–water partition coefficient (Wildman–Crippen LogP) is 2.60. The van der Waals surface area contributed by atoms with Gasteiger partial charge in [0.2, 0.25) is 0 Å². The average molecular weight is 576 g/mol. The maximum absolute atomic E-state index is 13.7. The number of carbonyl (C=O) groups excluding carboxylic acids is 1. The van der Waals surface area contributed by atoms with Crippen LogP contribution in [-0.2, 0) is 28.6 Å². The highest BCUT2D eigenvalue weighted by atomic mass is 127. The summed E-state index contributed by atoms with van der Waals surface area (Å²) in [5.74, 6) is -0.121. The zero-order valence-corrected chi connectivity index (χ0v) is 21.8. The van der Waals surface area contributed by atoms with Crippen LogP contribution in [0.2, 0.25) is 0 Å². The molecule has 0 radical (unpaired) electrons. The van der Waals surface area contributed by atoms with Gasteiger partial charge in [0.05, 0.1) is 5.75 Å². The molecule has 2 aromatic carbocycles. The van der Waals surface area contributed by atoms with Crippen LogP contribution in [0.25, 0.3) is 0 Å². The topological polar surface area (TPSA) is 90.9 Å². The van der Waals surface area contributed by atoms with Crippen molar-refractivity contribution in [3.05, 3.63) is 70.5 Å². The van der Waals surface area contributed by atoms with Gasteiger partial charge >= 0.3 is 0 Å². The number of sulfone groups is 1. The number of hydrogen-bond acceptors (Lipinski definition) is 4. The van der Waals surface area contributed by atoms with Crippen molar-refractivity contribution >= 4 is 45.7 Å². The molecule has 0 bridgehead atoms. The lowest BCUT2D eigenvalue weighted by Crippen LogP contribution is -2.38. The molecule has 7 nitrogen and oxygen atoms in total. The van der Waals surface area contributed by atoms with Gasteiger partial charge in [0.25, 0.3) is 5.91 Å². The molecule has 176 valence electrons. The van der Waals surface area contributed by atoms with E-state index in [1.54, 1.807) is 27.2 Å². The summed E-state index contributed by atoms with van der Waals surface area (Å²) in [5.41, 5.74) is 2.75. The van der Waals surface area contributed by atoms with Crippen LogP contribution in [0.3, 0.4) is 0 Å². The fourth-order valence-electron chi connectivity index (χ4n) is 3.03. The van der Waals surface area contributed by atoms with Crippen LogP contribution in [-0.4, -0.2) is 59.1 Å². The Morgan fingerprint density at radius 1 is 1.09 bits per heavy atom. The van der Waals surface area contributed by atoms with Gasteiger partial charge in [0.15, 0.2) is 15.8 Å². The summed E-state index contributed by atoms with van der Waals surface area (Å²) in [5, 5.41) is 6.26. The molecule has 0 aliphatic carbocycles. The minimum atomic E-state index is -3.24. The molecule has 0 aromatic heterocycles. The van der Waals surface area contributed by atoms with Gasteiger partial charge in [-0.15, -0.1) is 24.0 Å². The van der Waals surface area contributed by atoms with E-state index >= 15 is 0 Å². The zero-order valence-electron chi connectivity index (χ0n) is 18.7. The van der Waals surface area contributed by atoms with Gasteiger partial charge in [-0.25, -0.2) is 12.8 Å². The summed E-state index contributed by atoms with van der Waals surface area (Å²) >= 11 is 0. The first-order valence-corrected chi connectivity index (χ1v) is 11.8. The summed E-state index contributed by atoms with van der Waals surface area (Å²) in [6.07, 6.45) is 1.82. The molecular formula is C22H30FIN4O3S. The van der Waals surface area contributed by atoms with Gasteiger partial charge in [0, 0.05) is 46.1 Å². The molecule has 2 N–H and O–H groups in total. The quantitative estimate of drug-likeness (QED) is 0.287. The lowest BCUT2D eigenvalue weighted by atomic mass is 10.1. The Labute approximate surface area is 206 Å².